The lowest BCUT2D eigenvalue weighted by Gasteiger charge is -2.16. The number of fused-ring (bicyclic) bond motifs is 1. The van der Waals surface area contributed by atoms with Gasteiger partial charge in [0.1, 0.15) is 11.9 Å². The molecule has 0 radical (unpaired) electrons. The Morgan fingerprint density at radius 3 is 3.05 bits per heavy atom. The maximum absolute atomic E-state index is 5.97. The first-order valence-corrected chi connectivity index (χ1v) is 7.13. The highest BCUT2D eigenvalue weighted by Gasteiger charge is 2.23. The van der Waals surface area contributed by atoms with Crippen molar-refractivity contribution >= 4 is 0 Å². The average molecular weight is 268 g/mol. The molecule has 0 amide bonds. The van der Waals surface area contributed by atoms with E-state index in [0.717, 1.165) is 24.4 Å². The molecule has 20 heavy (non-hydrogen) atoms. The zero-order chi connectivity index (χ0) is 13.9. The molecule has 2 heterocycles. The summed E-state index contributed by atoms with van der Waals surface area (Å²) in [5.41, 5.74) is 3.68. The zero-order valence-electron chi connectivity index (χ0n) is 12.0. The highest BCUT2D eigenvalue weighted by atomic mass is 16.5. The van der Waals surface area contributed by atoms with Gasteiger partial charge in [0.15, 0.2) is 0 Å². The van der Waals surface area contributed by atoms with Crippen molar-refractivity contribution in [2.45, 2.75) is 32.4 Å². The van der Waals surface area contributed by atoms with Crippen molar-refractivity contribution < 1.29 is 4.74 Å². The number of benzene rings is 1. The van der Waals surface area contributed by atoms with E-state index >= 15 is 0 Å². The first-order valence-electron chi connectivity index (χ1n) is 7.13. The van der Waals surface area contributed by atoms with Crippen LogP contribution >= 0.6 is 0 Å². The van der Waals surface area contributed by atoms with E-state index in [2.05, 4.69) is 42.3 Å². The van der Waals surface area contributed by atoms with Gasteiger partial charge < -0.3 is 10.1 Å². The Labute approximate surface area is 120 Å². The van der Waals surface area contributed by atoms with E-state index in [1.807, 2.05) is 24.4 Å². The summed E-state index contributed by atoms with van der Waals surface area (Å²) in [6.45, 7) is 5.09. The smallest absolute Gasteiger partial charge is 0.123 e. The maximum atomic E-state index is 5.97. The zero-order valence-corrected chi connectivity index (χ0v) is 12.0. The molecule has 0 saturated heterocycles. The van der Waals surface area contributed by atoms with E-state index in [-0.39, 0.29) is 12.1 Å². The standard InChI is InChI=1S/C17H20N2O/c1-12-6-7-17-14(9-12)10-15(20-17)11-19-13(2)16-5-3-4-8-18-16/h3-9,13,15,19H,10-11H2,1-2H3/t13-,15?/m0/s1. The molecular weight excluding hydrogens is 248 g/mol. The van der Waals surface area contributed by atoms with Crippen molar-refractivity contribution in [1.82, 2.24) is 10.3 Å². The Morgan fingerprint density at radius 2 is 2.25 bits per heavy atom. The molecule has 1 unspecified atom stereocenters. The van der Waals surface area contributed by atoms with E-state index in [0.29, 0.717) is 0 Å². The van der Waals surface area contributed by atoms with E-state index < -0.39 is 0 Å². The lowest BCUT2D eigenvalue weighted by Crippen LogP contribution is -2.32. The number of nitrogens with zero attached hydrogens (tertiary/aromatic N) is 1. The Bertz CT molecular complexity index is 583. The maximum Gasteiger partial charge on any atom is 0.123 e. The fourth-order valence-corrected chi connectivity index (χ4v) is 2.61. The number of hydrogen-bond acceptors (Lipinski definition) is 3. The van der Waals surface area contributed by atoms with Crippen LogP contribution in [0.2, 0.25) is 0 Å². The molecule has 1 aliphatic rings. The molecule has 0 fully saturated rings. The Hall–Kier alpha value is -1.87. The van der Waals surface area contributed by atoms with Crippen molar-refractivity contribution in [2.24, 2.45) is 0 Å². The van der Waals surface area contributed by atoms with E-state index in [4.69, 9.17) is 4.74 Å². The van der Waals surface area contributed by atoms with Gasteiger partial charge in [-0.25, -0.2) is 0 Å². The number of pyridine rings is 1. The summed E-state index contributed by atoms with van der Waals surface area (Å²) in [6, 6.07) is 12.6. The van der Waals surface area contributed by atoms with Crippen molar-refractivity contribution in [3.63, 3.8) is 0 Å². The average Bonchev–Trinajstić information content (AvgIpc) is 2.87. The lowest BCUT2D eigenvalue weighted by atomic mass is 10.1. The number of hydrogen-bond donors (Lipinski definition) is 1. The van der Waals surface area contributed by atoms with Crippen LogP contribution in [0, 0.1) is 6.92 Å². The Morgan fingerprint density at radius 1 is 1.35 bits per heavy atom. The first-order chi connectivity index (χ1) is 9.72. The van der Waals surface area contributed by atoms with Gasteiger partial charge in [0.2, 0.25) is 0 Å². The van der Waals surface area contributed by atoms with Gasteiger partial charge in [-0.3, -0.25) is 4.98 Å². The summed E-state index contributed by atoms with van der Waals surface area (Å²) in [6.07, 6.45) is 3.04. The van der Waals surface area contributed by atoms with Gasteiger partial charge in [0, 0.05) is 25.2 Å². The Kier molecular flexibility index (Phi) is 3.70. The highest BCUT2D eigenvalue weighted by molar-refractivity contribution is 5.40. The monoisotopic (exact) mass is 268 g/mol. The molecule has 3 nitrogen and oxygen atoms in total. The second-order valence-electron chi connectivity index (χ2n) is 5.44. The number of nitrogens with one attached hydrogen (secondary N) is 1. The van der Waals surface area contributed by atoms with Crippen LogP contribution in [0.3, 0.4) is 0 Å². The van der Waals surface area contributed by atoms with Gasteiger partial charge in [0.25, 0.3) is 0 Å². The molecule has 3 heteroatoms. The molecule has 3 rings (SSSR count). The molecule has 1 aliphatic heterocycles. The van der Waals surface area contributed by atoms with Gasteiger partial charge in [-0.1, -0.05) is 23.8 Å². The molecule has 2 aromatic rings. The van der Waals surface area contributed by atoms with Crippen LogP contribution in [0.25, 0.3) is 0 Å². The van der Waals surface area contributed by atoms with E-state index in [1.165, 1.54) is 11.1 Å². The molecule has 1 aromatic heterocycles. The van der Waals surface area contributed by atoms with E-state index in [9.17, 15) is 0 Å². The van der Waals surface area contributed by atoms with Crippen molar-refractivity contribution in [2.75, 3.05) is 6.54 Å². The van der Waals surface area contributed by atoms with Crippen LogP contribution in [0.4, 0.5) is 0 Å². The van der Waals surface area contributed by atoms with Gasteiger partial charge in [-0.2, -0.15) is 0 Å². The van der Waals surface area contributed by atoms with Gasteiger partial charge in [0.05, 0.1) is 5.69 Å². The topological polar surface area (TPSA) is 34.2 Å². The lowest BCUT2D eigenvalue weighted by molar-refractivity contribution is 0.222. The van der Waals surface area contributed by atoms with Crippen LogP contribution in [0.5, 0.6) is 5.75 Å². The SMILES string of the molecule is Cc1ccc2c(c1)CC(CN[C@@H](C)c1ccccn1)O2. The third kappa shape index (κ3) is 2.83. The normalized spacial score (nSPS) is 18.4. The fraction of sp³-hybridized carbons (Fsp3) is 0.353. The predicted molar refractivity (Wildman–Crippen MR) is 80.0 cm³/mol. The molecule has 1 N–H and O–H groups in total. The molecule has 0 aliphatic carbocycles. The molecular formula is C17H20N2O. The van der Waals surface area contributed by atoms with Crippen LogP contribution in [-0.2, 0) is 6.42 Å². The summed E-state index contributed by atoms with van der Waals surface area (Å²) in [4.78, 5) is 4.37. The third-order valence-corrected chi connectivity index (χ3v) is 3.74. The number of rotatable bonds is 4. The quantitative estimate of drug-likeness (QED) is 0.925. The van der Waals surface area contributed by atoms with Crippen LogP contribution in [0.1, 0.15) is 29.8 Å². The minimum absolute atomic E-state index is 0.220. The second kappa shape index (κ2) is 5.63. The molecule has 0 bridgehead atoms. The summed E-state index contributed by atoms with van der Waals surface area (Å²) in [5.74, 6) is 1.04. The van der Waals surface area contributed by atoms with Crippen molar-refractivity contribution in [3.8, 4) is 5.75 Å². The van der Waals surface area contributed by atoms with Crippen molar-refractivity contribution in [1.29, 1.82) is 0 Å². The Balaban J connectivity index is 1.56. The van der Waals surface area contributed by atoms with Gasteiger partial charge in [-0.05, 0) is 37.6 Å². The molecule has 0 saturated carbocycles. The van der Waals surface area contributed by atoms with Crippen LogP contribution in [0.15, 0.2) is 42.6 Å². The number of aromatic nitrogens is 1. The number of aryl methyl sites for hydroxylation is 1. The third-order valence-electron chi connectivity index (χ3n) is 3.74. The van der Waals surface area contributed by atoms with Crippen molar-refractivity contribution in [3.05, 3.63) is 59.4 Å². The highest BCUT2D eigenvalue weighted by Crippen LogP contribution is 2.29. The van der Waals surface area contributed by atoms with Gasteiger partial charge in [-0.15, -0.1) is 0 Å². The minimum atomic E-state index is 0.220. The van der Waals surface area contributed by atoms with Gasteiger partial charge >= 0.3 is 0 Å². The first kappa shape index (κ1) is 13.1. The molecule has 0 spiro atoms. The fourth-order valence-electron chi connectivity index (χ4n) is 2.61. The molecule has 2 atom stereocenters. The summed E-state index contributed by atoms with van der Waals surface area (Å²) in [7, 11) is 0. The molecule has 104 valence electrons. The molecule has 1 aromatic carbocycles. The second-order valence-corrected chi connectivity index (χ2v) is 5.44. The largest absolute Gasteiger partial charge is 0.488 e. The predicted octanol–water partition coefficient (Wildman–Crippen LogP) is 3.04. The van der Waals surface area contributed by atoms with E-state index in [1.54, 1.807) is 0 Å². The summed E-state index contributed by atoms with van der Waals surface area (Å²) in [5, 5.41) is 3.50. The van der Waals surface area contributed by atoms with Crippen LogP contribution < -0.4 is 10.1 Å². The van der Waals surface area contributed by atoms with Crippen LogP contribution in [-0.4, -0.2) is 17.6 Å². The minimum Gasteiger partial charge on any atom is -0.488 e. The summed E-state index contributed by atoms with van der Waals surface area (Å²) >= 11 is 0. The number of ether oxygens (including phenoxy) is 1. The summed E-state index contributed by atoms with van der Waals surface area (Å²) < 4.78 is 5.97.